The third kappa shape index (κ3) is 4.04. The summed E-state index contributed by atoms with van der Waals surface area (Å²) in [4.78, 5) is 17.1. The second-order valence-corrected chi connectivity index (χ2v) is 8.19. The molecule has 0 spiro atoms. The lowest BCUT2D eigenvalue weighted by Crippen LogP contribution is -2.48. The molecule has 5 rings (SSSR count). The molecule has 4 heterocycles. The Kier molecular flexibility index (Phi) is 5.28. The third-order valence-electron chi connectivity index (χ3n) is 6.29. The Labute approximate surface area is 170 Å². The van der Waals surface area contributed by atoms with Gasteiger partial charge in [-0.25, -0.2) is 4.68 Å². The predicted octanol–water partition coefficient (Wildman–Crippen LogP) is 0.807. The first-order valence-electron chi connectivity index (χ1n) is 10.8. The van der Waals surface area contributed by atoms with E-state index in [2.05, 4.69) is 31.2 Å². The van der Waals surface area contributed by atoms with Crippen LogP contribution in [0.3, 0.4) is 0 Å². The summed E-state index contributed by atoms with van der Waals surface area (Å²) >= 11 is 0. The van der Waals surface area contributed by atoms with Gasteiger partial charge in [0.2, 0.25) is 0 Å². The lowest BCUT2D eigenvalue weighted by molar-refractivity contribution is 0.108. The average Bonchev–Trinajstić information content (AvgIpc) is 2.78. The number of nitrogens with zero attached hydrogens (tertiary/aromatic N) is 6. The van der Waals surface area contributed by atoms with Crippen molar-refractivity contribution in [1.29, 1.82) is 0 Å². The van der Waals surface area contributed by atoms with Crippen LogP contribution in [0, 0.1) is 0 Å². The SMILES string of the molecule is O=c1cc2c(nn1CCN1CCN(c3cc4c(nn3)CCOC4)CC1)CCCC2. The first-order valence-corrected chi connectivity index (χ1v) is 10.8. The fraction of sp³-hybridized carbons (Fsp3) is 0.619. The minimum Gasteiger partial charge on any atom is -0.376 e. The molecule has 29 heavy (non-hydrogen) atoms. The Morgan fingerprint density at radius 2 is 1.76 bits per heavy atom. The van der Waals surface area contributed by atoms with E-state index in [1.165, 1.54) is 18.4 Å². The van der Waals surface area contributed by atoms with Crippen LogP contribution in [0.4, 0.5) is 5.82 Å². The van der Waals surface area contributed by atoms with Crippen LogP contribution in [0.2, 0.25) is 0 Å². The second kappa shape index (κ2) is 8.20. The number of anilines is 1. The zero-order valence-corrected chi connectivity index (χ0v) is 16.8. The first kappa shape index (κ1) is 18.7. The van der Waals surface area contributed by atoms with Gasteiger partial charge in [-0.05, 0) is 37.3 Å². The summed E-state index contributed by atoms with van der Waals surface area (Å²) in [5.41, 5.74) is 4.55. The van der Waals surface area contributed by atoms with E-state index in [9.17, 15) is 4.79 Å². The predicted molar refractivity (Wildman–Crippen MR) is 109 cm³/mol. The van der Waals surface area contributed by atoms with Crippen molar-refractivity contribution in [2.75, 3.05) is 44.2 Å². The van der Waals surface area contributed by atoms with Crippen molar-refractivity contribution in [2.24, 2.45) is 0 Å². The van der Waals surface area contributed by atoms with Crippen molar-refractivity contribution in [3.05, 3.63) is 45.0 Å². The zero-order chi connectivity index (χ0) is 19.6. The molecule has 0 saturated carbocycles. The number of rotatable bonds is 4. The summed E-state index contributed by atoms with van der Waals surface area (Å²) in [5, 5.41) is 13.5. The summed E-state index contributed by atoms with van der Waals surface area (Å²) in [5.74, 6) is 0.946. The molecule has 0 bridgehead atoms. The number of aryl methyl sites for hydroxylation is 2. The normalized spacial score (nSPS) is 19.7. The van der Waals surface area contributed by atoms with Gasteiger partial charge in [0, 0.05) is 50.8 Å². The minimum atomic E-state index is 0.0378. The Hall–Kier alpha value is -2.32. The molecule has 2 aromatic rings. The van der Waals surface area contributed by atoms with Crippen LogP contribution in [0.25, 0.3) is 0 Å². The van der Waals surface area contributed by atoms with E-state index in [0.29, 0.717) is 13.2 Å². The largest absolute Gasteiger partial charge is 0.376 e. The van der Waals surface area contributed by atoms with E-state index in [4.69, 9.17) is 4.74 Å². The van der Waals surface area contributed by atoms with Gasteiger partial charge in [0.15, 0.2) is 5.82 Å². The molecule has 0 N–H and O–H groups in total. The average molecular weight is 396 g/mol. The van der Waals surface area contributed by atoms with Gasteiger partial charge in [0.25, 0.3) is 5.56 Å². The minimum absolute atomic E-state index is 0.0378. The second-order valence-electron chi connectivity index (χ2n) is 8.19. The fourth-order valence-electron chi connectivity index (χ4n) is 4.48. The van der Waals surface area contributed by atoms with Crippen LogP contribution in [0.5, 0.6) is 0 Å². The van der Waals surface area contributed by atoms with Gasteiger partial charge >= 0.3 is 0 Å². The van der Waals surface area contributed by atoms with Crippen molar-refractivity contribution in [3.8, 4) is 0 Å². The Morgan fingerprint density at radius 3 is 2.66 bits per heavy atom. The van der Waals surface area contributed by atoms with Gasteiger partial charge in [-0.15, -0.1) is 5.10 Å². The van der Waals surface area contributed by atoms with Gasteiger partial charge in [-0.2, -0.15) is 10.2 Å². The van der Waals surface area contributed by atoms with Crippen LogP contribution in [-0.4, -0.2) is 64.2 Å². The van der Waals surface area contributed by atoms with E-state index >= 15 is 0 Å². The highest BCUT2D eigenvalue weighted by Crippen LogP contribution is 2.20. The van der Waals surface area contributed by atoms with Gasteiger partial charge in [0.1, 0.15) is 0 Å². The third-order valence-corrected chi connectivity index (χ3v) is 6.29. The standard InChI is InChI=1S/C21H28N6O2/c28-21-14-16-3-1-2-4-19(16)24-27(21)11-8-25-6-9-26(10-7-25)20-13-17-15-29-12-5-18(17)22-23-20/h13-14H,1-12,15H2. The summed E-state index contributed by atoms with van der Waals surface area (Å²) in [6.45, 7) is 6.62. The van der Waals surface area contributed by atoms with E-state index in [1.54, 1.807) is 10.7 Å². The topological polar surface area (TPSA) is 76.4 Å². The maximum atomic E-state index is 12.4. The van der Waals surface area contributed by atoms with Gasteiger partial charge in [0.05, 0.1) is 31.1 Å². The number of hydrogen-bond donors (Lipinski definition) is 0. The molecule has 1 fully saturated rings. The maximum Gasteiger partial charge on any atom is 0.267 e. The van der Waals surface area contributed by atoms with Crippen LogP contribution in [0.1, 0.15) is 35.4 Å². The van der Waals surface area contributed by atoms with Crippen LogP contribution in [0.15, 0.2) is 16.9 Å². The molecule has 8 nitrogen and oxygen atoms in total. The summed E-state index contributed by atoms with van der Waals surface area (Å²) < 4.78 is 7.20. The number of fused-ring (bicyclic) bond motifs is 2. The van der Waals surface area contributed by atoms with Crippen LogP contribution < -0.4 is 10.5 Å². The first-order chi connectivity index (χ1) is 14.3. The Bertz CT molecular complexity index is 935. The zero-order valence-electron chi connectivity index (χ0n) is 16.8. The molecule has 0 atom stereocenters. The molecule has 1 aliphatic carbocycles. The molecule has 3 aliphatic rings. The number of hydrogen-bond acceptors (Lipinski definition) is 7. The molecule has 154 valence electrons. The van der Waals surface area contributed by atoms with E-state index in [1.807, 2.05) is 0 Å². The van der Waals surface area contributed by atoms with Crippen molar-refractivity contribution < 1.29 is 4.74 Å². The maximum absolute atomic E-state index is 12.4. The number of aromatic nitrogens is 4. The molecular formula is C21H28N6O2. The lowest BCUT2D eigenvalue weighted by atomic mass is 9.97. The van der Waals surface area contributed by atoms with Gasteiger partial charge in [-0.3, -0.25) is 9.69 Å². The molecule has 0 radical (unpaired) electrons. The van der Waals surface area contributed by atoms with Crippen molar-refractivity contribution in [1.82, 2.24) is 24.9 Å². The van der Waals surface area contributed by atoms with Crippen molar-refractivity contribution in [3.63, 3.8) is 0 Å². The van der Waals surface area contributed by atoms with Crippen LogP contribution >= 0.6 is 0 Å². The molecule has 8 heteroatoms. The fourth-order valence-corrected chi connectivity index (χ4v) is 4.48. The van der Waals surface area contributed by atoms with E-state index in [0.717, 1.165) is 81.4 Å². The number of ether oxygens (including phenoxy) is 1. The Morgan fingerprint density at radius 1 is 0.897 bits per heavy atom. The summed E-state index contributed by atoms with van der Waals surface area (Å²) in [6.07, 6.45) is 5.20. The molecule has 1 saturated heterocycles. The molecule has 2 aromatic heterocycles. The van der Waals surface area contributed by atoms with Gasteiger partial charge in [-0.1, -0.05) is 0 Å². The molecular weight excluding hydrogens is 368 g/mol. The smallest absolute Gasteiger partial charge is 0.267 e. The van der Waals surface area contributed by atoms with E-state index < -0.39 is 0 Å². The molecule has 0 aromatic carbocycles. The monoisotopic (exact) mass is 396 g/mol. The van der Waals surface area contributed by atoms with Crippen molar-refractivity contribution in [2.45, 2.75) is 45.3 Å². The number of piperazine rings is 1. The highest BCUT2D eigenvalue weighted by molar-refractivity contribution is 5.42. The molecule has 0 unspecified atom stereocenters. The quantitative estimate of drug-likeness (QED) is 0.757. The highest BCUT2D eigenvalue weighted by atomic mass is 16.5. The molecule has 0 amide bonds. The summed E-state index contributed by atoms with van der Waals surface area (Å²) in [7, 11) is 0. The summed E-state index contributed by atoms with van der Waals surface area (Å²) in [6, 6.07) is 3.94. The lowest BCUT2D eigenvalue weighted by Gasteiger charge is -2.35. The van der Waals surface area contributed by atoms with Crippen molar-refractivity contribution >= 4 is 5.82 Å². The Balaban J connectivity index is 1.17. The van der Waals surface area contributed by atoms with E-state index in [-0.39, 0.29) is 5.56 Å². The molecule has 2 aliphatic heterocycles. The highest BCUT2D eigenvalue weighted by Gasteiger charge is 2.21. The van der Waals surface area contributed by atoms with Gasteiger partial charge < -0.3 is 9.64 Å². The van der Waals surface area contributed by atoms with Crippen LogP contribution in [-0.2, 0) is 37.2 Å².